The van der Waals surface area contributed by atoms with Crippen LogP contribution in [0.4, 0.5) is 0 Å². The molecular formula is C11H6NO. The first kappa shape index (κ1) is 7.63. The van der Waals surface area contributed by atoms with Gasteiger partial charge in [0.2, 0.25) is 0 Å². The summed E-state index contributed by atoms with van der Waals surface area (Å²) >= 11 is 0. The van der Waals surface area contributed by atoms with Crippen LogP contribution in [0.15, 0.2) is 36.4 Å². The number of hydrogen-bond acceptors (Lipinski definition) is 1. The summed E-state index contributed by atoms with van der Waals surface area (Å²) in [5.74, 6) is -0.0328. The van der Waals surface area contributed by atoms with Crippen molar-refractivity contribution in [3.05, 3.63) is 42.0 Å². The van der Waals surface area contributed by atoms with Crippen molar-refractivity contribution >= 4 is 10.8 Å². The van der Waals surface area contributed by atoms with Crippen molar-refractivity contribution in [2.75, 3.05) is 0 Å². The van der Waals surface area contributed by atoms with Gasteiger partial charge in [0.05, 0.1) is 11.6 Å². The summed E-state index contributed by atoms with van der Waals surface area (Å²) in [6, 6.07) is 12.2. The highest BCUT2D eigenvalue weighted by Gasteiger charge is 2.04. The van der Waals surface area contributed by atoms with Gasteiger partial charge >= 0.3 is 0 Å². The lowest BCUT2D eigenvalue weighted by molar-refractivity contribution is 0.360. The molecule has 0 aliphatic rings. The number of nitrogens with zero attached hydrogens (tertiary/aromatic N) is 1. The molecule has 2 rings (SSSR count). The van der Waals surface area contributed by atoms with Crippen LogP contribution in [-0.2, 0) is 5.11 Å². The van der Waals surface area contributed by atoms with E-state index < -0.39 is 0 Å². The summed E-state index contributed by atoms with van der Waals surface area (Å²) in [4.78, 5) is 0. The van der Waals surface area contributed by atoms with Crippen molar-refractivity contribution in [2.24, 2.45) is 0 Å². The second-order valence-corrected chi connectivity index (χ2v) is 2.77. The topological polar surface area (TPSA) is 43.7 Å². The minimum absolute atomic E-state index is 0.0328. The minimum Gasteiger partial charge on any atom is -0.289 e. The Balaban J connectivity index is 2.95. The molecule has 0 saturated heterocycles. The summed E-state index contributed by atoms with van der Waals surface area (Å²) in [5, 5.41) is 21.5. The van der Waals surface area contributed by atoms with Crippen LogP contribution in [0.5, 0.6) is 5.75 Å². The average Bonchev–Trinajstić information content (AvgIpc) is 2.19. The summed E-state index contributed by atoms with van der Waals surface area (Å²) in [6.07, 6.45) is 0. The lowest BCUT2D eigenvalue weighted by Crippen LogP contribution is -1.78. The maximum absolute atomic E-state index is 11.3. The number of fused-ring (bicyclic) bond motifs is 1. The van der Waals surface area contributed by atoms with E-state index in [-0.39, 0.29) is 5.75 Å². The van der Waals surface area contributed by atoms with Crippen LogP contribution >= 0.6 is 0 Å². The molecule has 0 aliphatic carbocycles. The Bertz CT molecular complexity index is 497. The Morgan fingerprint density at radius 2 is 1.69 bits per heavy atom. The predicted octanol–water partition coefficient (Wildman–Crippen LogP) is 2.86. The third-order valence-corrected chi connectivity index (χ3v) is 2.00. The van der Waals surface area contributed by atoms with Crippen molar-refractivity contribution in [2.45, 2.75) is 0 Å². The fraction of sp³-hybridized carbons (Fsp3) is 0. The van der Waals surface area contributed by atoms with E-state index in [9.17, 15) is 5.11 Å². The highest BCUT2D eigenvalue weighted by Crippen LogP contribution is 2.27. The maximum atomic E-state index is 11.3. The molecule has 0 N–H and O–H groups in total. The molecule has 2 heteroatoms. The monoisotopic (exact) mass is 168 g/mol. The van der Waals surface area contributed by atoms with E-state index >= 15 is 0 Å². The van der Waals surface area contributed by atoms with Gasteiger partial charge in [0, 0.05) is 10.8 Å². The minimum atomic E-state index is -0.0328. The molecule has 0 spiro atoms. The maximum Gasteiger partial charge on any atom is 0.186 e. The van der Waals surface area contributed by atoms with Gasteiger partial charge in [0.25, 0.3) is 0 Å². The molecule has 0 aromatic heterocycles. The zero-order chi connectivity index (χ0) is 9.26. The molecule has 2 aromatic carbocycles. The van der Waals surface area contributed by atoms with E-state index in [1.165, 1.54) is 6.07 Å². The Morgan fingerprint density at radius 1 is 1.00 bits per heavy atom. The molecule has 0 aliphatic heterocycles. The molecule has 61 valence electrons. The molecule has 0 saturated carbocycles. The van der Waals surface area contributed by atoms with Gasteiger partial charge in [-0.15, -0.1) is 0 Å². The molecule has 13 heavy (non-hydrogen) atoms. The van der Waals surface area contributed by atoms with Gasteiger partial charge in [-0.25, -0.2) is 0 Å². The van der Waals surface area contributed by atoms with Crippen LogP contribution in [0, 0.1) is 11.3 Å². The van der Waals surface area contributed by atoms with E-state index in [1.54, 1.807) is 24.3 Å². The van der Waals surface area contributed by atoms with Crippen LogP contribution < -0.4 is 0 Å². The van der Waals surface area contributed by atoms with Gasteiger partial charge in [-0.2, -0.15) is 5.26 Å². The summed E-state index contributed by atoms with van der Waals surface area (Å²) < 4.78 is 0. The molecule has 0 unspecified atom stereocenters. The SMILES string of the molecule is N#Cc1ccc([O])c2ccccc12. The molecular weight excluding hydrogens is 162 g/mol. The Morgan fingerprint density at radius 3 is 2.38 bits per heavy atom. The van der Waals surface area contributed by atoms with E-state index in [1.807, 2.05) is 6.07 Å². The fourth-order valence-electron chi connectivity index (χ4n) is 1.37. The first-order valence-corrected chi connectivity index (χ1v) is 3.92. The van der Waals surface area contributed by atoms with Crippen LogP contribution in [0.3, 0.4) is 0 Å². The summed E-state index contributed by atoms with van der Waals surface area (Å²) in [6.45, 7) is 0. The van der Waals surface area contributed by atoms with E-state index in [0.29, 0.717) is 10.9 Å². The van der Waals surface area contributed by atoms with Gasteiger partial charge in [-0.1, -0.05) is 24.3 Å². The van der Waals surface area contributed by atoms with Crippen molar-refractivity contribution in [1.29, 1.82) is 5.26 Å². The van der Waals surface area contributed by atoms with Crippen molar-refractivity contribution < 1.29 is 5.11 Å². The lowest BCUT2D eigenvalue weighted by Gasteiger charge is -1.99. The Hall–Kier alpha value is -2.01. The van der Waals surface area contributed by atoms with Gasteiger partial charge in [0.1, 0.15) is 0 Å². The summed E-state index contributed by atoms with van der Waals surface area (Å²) in [5.41, 5.74) is 0.551. The lowest BCUT2D eigenvalue weighted by atomic mass is 10.0. The molecule has 0 bridgehead atoms. The molecule has 0 atom stereocenters. The second kappa shape index (κ2) is 2.80. The first-order valence-electron chi connectivity index (χ1n) is 3.92. The highest BCUT2D eigenvalue weighted by atomic mass is 16.3. The summed E-state index contributed by atoms with van der Waals surface area (Å²) in [7, 11) is 0. The largest absolute Gasteiger partial charge is 0.289 e. The van der Waals surface area contributed by atoms with E-state index in [2.05, 4.69) is 6.07 Å². The first-order chi connectivity index (χ1) is 6.33. The highest BCUT2D eigenvalue weighted by molar-refractivity contribution is 5.92. The molecule has 2 nitrogen and oxygen atoms in total. The molecule has 0 heterocycles. The predicted molar refractivity (Wildman–Crippen MR) is 48.8 cm³/mol. The number of hydrogen-bond donors (Lipinski definition) is 0. The van der Waals surface area contributed by atoms with Crippen LogP contribution in [0.2, 0.25) is 0 Å². The van der Waals surface area contributed by atoms with Crippen molar-refractivity contribution in [3.8, 4) is 11.8 Å². The zero-order valence-corrected chi connectivity index (χ0v) is 6.82. The zero-order valence-electron chi connectivity index (χ0n) is 6.82. The second-order valence-electron chi connectivity index (χ2n) is 2.77. The Kier molecular flexibility index (Phi) is 1.64. The smallest absolute Gasteiger partial charge is 0.186 e. The van der Waals surface area contributed by atoms with Gasteiger partial charge in [-0.05, 0) is 12.1 Å². The van der Waals surface area contributed by atoms with Crippen LogP contribution in [-0.4, -0.2) is 0 Å². The number of rotatable bonds is 0. The van der Waals surface area contributed by atoms with E-state index in [0.717, 1.165) is 5.39 Å². The van der Waals surface area contributed by atoms with Gasteiger partial charge in [-0.3, -0.25) is 5.11 Å². The number of benzene rings is 2. The third-order valence-electron chi connectivity index (χ3n) is 2.00. The van der Waals surface area contributed by atoms with Crippen LogP contribution in [0.25, 0.3) is 10.8 Å². The quantitative estimate of drug-likeness (QED) is 0.596. The Labute approximate surface area is 75.7 Å². The van der Waals surface area contributed by atoms with Gasteiger partial charge < -0.3 is 0 Å². The number of nitriles is 1. The average molecular weight is 168 g/mol. The molecule has 0 amide bonds. The fourth-order valence-corrected chi connectivity index (χ4v) is 1.37. The molecule has 1 radical (unpaired) electrons. The standard InChI is InChI=1S/C11H6NO/c12-7-8-5-6-11(13)10-4-2-1-3-9(8)10/h1-6H. The van der Waals surface area contributed by atoms with E-state index in [4.69, 9.17) is 5.26 Å². The molecule has 0 fully saturated rings. The normalized spacial score (nSPS) is 9.77. The van der Waals surface area contributed by atoms with Crippen molar-refractivity contribution in [3.63, 3.8) is 0 Å². The van der Waals surface area contributed by atoms with Crippen molar-refractivity contribution in [1.82, 2.24) is 0 Å². The molecule has 2 aromatic rings. The van der Waals surface area contributed by atoms with Crippen LogP contribution in [0.1, 0.15) is 5.56 Å². The van der Waals surface area contributed by atoms with Gasteiger partial charge in [0.15, 0.2) is 5.75 Å². The third kappa shape index (κ3) is 1.11.